The zero-order valence-electron chi connectivity index (χ0n) is 9.93. The first-order chi connectivity index (χ1) is 8.04. The SMILES string of the molecule is CCCC(=O)COc1ccc(C)cc1[N+](=O)[O-]. The monoisotopic (exact) mass is 237 g/mol. The average Bonchev–Trinajstić information content (AvgIpc) is 2.27. The molecule has 0 aromatic heterocycles. The lowest BCUT2D eigenvalue weighted by atomic mass is 10.2. The molecule has 0 saturated carbocycles. The topological polar surface area (TPSA) is 69.4 Å². The number of nitrogens with zero attached hydrogens (tertiary/aromatic N) is 1. The first-order valence-corrected chi connectivity index (χ1v) is 5.44. The number of rotatable bonds is 6. The van der Waals surface area contributed by atoms with Gasteiger partial charge in [-0.2, -0.15) is 0 Å². The Balaban J connectivity index is 2.77. The summed E-state index contributed by atoms with van der Waals surface area (Å²) in [7, 11) is 0. The van der Waals surface area contributed by atoms with Gasteiger partial charge in [0.2, 0.25) is 0 Å². The van der Waals surface area contributed by atoms with E-state index >= 15 is 0 Å². The van der Waals surface area contributed by atoms with E-state index in [1.165, 1.54) is 12.1 Å². The Morgan fingerprint density at radius 3 is 2.76 bits per heavy atom. The van der Waals surface area contributed by atoms with Crippen molar-refractivity contribution >= 4 is 11.5 Å². The smallest absolute Gasteiger partial charge is 0.311 e. The van der Waals surface area contributed by atoms with Gasteiger partial charge in [0.25, 0.3) is 0 Å². The van der Waals surface area contributed by atoms with E-state index in [0.29, 0.717) is 6.42 Å². The highest BCUT2D eigenvalue weighted by molar-refractivity contribution is 5.80. The number of aryl methyl sites for hydroxylation is 1. The van der Waals surface area contributed by atoms with Gasteiger partial charge < -0.3 is 4.74 Å². The number of carbonyl (C=O) groups is 1. The number of benzene rings is 1. The number of hydrogen-bond donors (Lipinski definition) is 0. The van der Waals surface area contributed by atoms with Crippen molar-refractivity contribution in [1.82, 2.24) is 0 Å². The molecular formula is C12H15NO4. The van der Waals surface area contributed by atoms with Gasteiger partial charge >= 0.3 is 5.69 Å². The molecule has 1 rings (SSSR count). The molecule has 5 nitrogen and oxygen atoms in total. The van der Waals surface area contributed by atoms with Crippen LogP contribution < -0.4 is 4.74 Å². The lowest BCUT2D eigenvalue weighted by Gasteiger charge is -2.06. The van der Waals surface area contributed by atoms with Crippen molar-refractivity contribution in [2.24, 2.45) is 0 Å². The number of ketones is 1. The Morgan fingerprint density at radius 1 is 1.47 bits per heavy atom. The van der Waals surface area contributed by atoms with Gasteiger partial charge in [0.15, 0.2) is 11.5 Å². The van der Waals surface area contributed by atoms with E-state index in [1.54, 1.807) is 13.0 Å². The van der Waals surface area contributed by atoms with Crippen molar-refractivity contribution in [3.8, 4) is 5.75 Å². The molecule has 0 aliphatic rings. The van der Waals surface area contributed by atoms with Crippen LogP contribution >= 0.6 is 0 Å². The minimum absolute atomic E-state index is 0.0534. The third-order valence-electron chi connectivity index (χ3n) is 2.23. The zero-order valence-corrected chi connectivity index (χ0v) is 9.93. The Kier molecular flexibility index (Phi) is 4.63. The number of ether oxygens (including phenoxy) is 1. The van der Waals surface area contributed by atoms with Crippen LogP contribution in [0.5, 0.6) is 5.75 Å². The van der Waals surface area contributed by atoms with E-state index in [0.717, 1.165) is 12.0 Å². The standard InChI is InChI=1S/C12H15NO4/c1-3-4-10(14)8-17-12-6-5-9(2)7-11(12)13(15)16/h5-7H,3-4,8H2,1-2H3. The second kappa shape index (κ2) is 5.98. The van der Waals surface area contributed by atoms with Gasteiger partial charge in [-0.05, 0) is 25.0 Å². The van der Waals surface area contributed by atoms with E-state index in [2.05, 4.69) is 0 Å². The average molecular weight is 237 g/mol. The lowest BCUT2D eigenvalue weighted by Crippen LogP contribution is -2.11. The van der Waals surface area contributed by atoms with Gasteiger partial charge in [0.1, 0.15) is 6.61 Å². The number of nitro benzene ring substituents is 1. The highest BCUT2D eigenvalue weighted by Gasteiger charge is 2.15. The molecule has 0 fully saturated rings. The second-order valence-corrected chi connectivity index (χ2v) is 3.81. The summed E-state index contributed by atoms with van der Waals surface area (Å²) in [6, 6.07) is 4.67. The minimum atomic E-state index is -0.507. The fraction of sp³-hybridized carbons (Fsp3) is 0.417. The van der Waals surface area contributed by atoms with Crippen molar-refractivity contribution in [3.05, 3.63) is 33.9 Å². The normalized spacial score (nSPS) is 10.0. The quantitative estimate of drug-likeness (QED) is 0.563. The molecule has 17 heavy (non-hydrogen) atoms. The van der Waals surface area contributed by atoms with Crippen LogP contribution in [0.2, 0.25) is 0 Å². The van der Waals surface area contributed by atoms with E-state index in [-0.39, 0.29) is 23.8 Å². The van der Waals surface area contributed by atoms with Crippen LogP contribution in [0.15, 0.2) is 18.2 Å². The van der Waals surface area contributed by atoms with Crippen molar-refractivity contribution in [3.63, 3.8) is 0 Å². The Labute approximate surface area is 99.5 Å². The van der Waals surface area contributed by atoms with Crippen LogP contribution in [0.4, 0.5) is 5.69 Å². The summed E-state index contributed by atoms with van der Waals surface area (Å²) in [4.78, 5) is 21.5. The molecule has 0 radical (unpaired) electrons. The predicted octanol–water partition coefficient (Wildman–Crippen LogP) is 2.65. The van der Waals surface area contributed by atoms with Crippen molar-refractivity contribution in [2.75, 3.05) is 6.61 Å². The van der Waals surface area contributed by atoms with E-state index < -0.39 is 4.92 Å². The van der Waals surface area contributed by atoms with Crippen molar-refractivity contribution < 1.29 is 14.5 Å². The van der Waals surface area contributed by atoms with Gasteiger partial charge in [-0.15, -0.1) is 0 Å². The highest BCUT2D eigenvalue weighted by Crippen LogP contribution is 2.27. The minimum Gasteiger partial charge on any atom is -0.479 e. The fourth-order valence-electron chi connectivity index (χ4n) is 1.40. The molecule has 0 unspecified atom stereocenters. The van der Waals surface area contributed by atoms with Gasteiger partial charge in [-0.3, -0.25) is 14.9 Å². The first kappa shape index (κ1) is 13.2. The number of hydrogen-bond acceptors (Lipinski definition) is 4. The molecule has 0 bridgehead atoms. The number of nitro groups is 1. The first-order valence-electron chi connectivity index (χ1n) is 5.44. The molecule has 0 N–H and O–H groups in total. The van der Waals surface area contributed by atoms with Crippen LogP contribution in [-0.2, 0) is 4.79 Å². The predicted molar refractivity (Wildman–Crippen MR) is 63.2 cm³/mol. The van der Waals surface area contributed by atoms with Gasteiger partial charge in [-0.1, -0.05) is 13.0 Å². The van der Waals surface area contributed by atoms with Gasteiger partial charge in [0.05, 0.1) is 4.92 Å². The maximum atomic E-state index is 11.3. The zero-order chi connectivity index (χ0) is 12.8. The summed E-state index contributed by atoms with van der Waals surface area (Å²) in [6.45, 7) is 3.54. The van der Waals surface area contributed by atoms with Crippen molar-refractivity contribution in [2.45, 2.75) is 26.7 Å². The van der Waals surface area contributed by atoms with E-state index in [9.17, 15) is 14.9 Å². The third-order valence-corrected chi connectivity index (χ3v) is 2.23. The summed E-state index contributed by atoms with van der Waals surface area (Å²) < 4.78 is 5.18. The van der Waals surface area contributed by atoms with Crippen LogP contribution in [0.3, 0.4) is 0 Å². The van der Waals surface area contributed by atoms with Crippen LogP contribution in [0.25, 0.3) is 0 Å². The maximum absolute atomic E-state index is 11.3. The maximum Gasteiger partial charge on any atom is 0.311 e. The summed E-state index contributed by atoms with van der Waals surface area (Å²) in [5.41, 5.74) is 0.679. The number of carbonyl (C=O) groups excluding carboxylic acids is 1. The van der Waals surface area contributed by atoms with E-state index in [4.69, 9.17) is 4.74 Å². The Bertz CT molecular complexity index is 429. The third kappa shape index (κ3) is 3.86. The highest BCUT2D eigenvalue weighted by atomic mass is 16.6. The molecule has 0 spiro atoms. The molecule has 0 aliphatic heterocycles. The molecule has 0 amide bonds. The molecule has 0 atom stereocenters. The van der Waals surface area contributed by atoms with Gasteiger partial charge in [-0.25, -0.2) is 0 Å². The molecule has 0 aliphatic carbocycles. The molecule has 0 heterocycles. The van der Waals surface area contributed by atoms with E-state index in [1.807, 2.05) is 6.92 Å². The molecule has 0 saturated heterocycles. The molecule has 1 aromatic carbocycles. The summed E-state index contributed by atoms with van der Waals surface area (Å²) in [6.07, 6.45) is 1.18. The molecular weight excluding hydrogens is 222 g/mol. The Hall–Kier alpha value is -1.91. The Morgan fingerprint density at radius 2 is 2.18 bits per heavy atom. The van der Waals surface area contributed by atoms with Crippen molar-refractivity contribution in [1.29, 1.82) is 0 Å². The molecule has 5 heteroatoms. The molecule has 92 valence electrons. The lowest BCUT2D eigenvalue weighted by molar-refractivity contribution is -0.385. The summed E-state index contributed by atoms with van der Waals surface area (Å²) in [5.74, 6) is 0.0902. The van der Waals surface area contributed by atoms with Crippen LogP contribution in [0.1, 0.15) is 25.3 Å². The fourth-order valence-corrected chi connectivity index (χ4v) is 1.40. The van der Waals surface area contributed by atoms with Crippen LogP contribution in [-0.4, -0.2) is 17.3 Å². The molecule has 1 aromatic rings. The summed E-state index contributed by atoms with van der Waals surface area (Å²) in [5, 5.41) is 10.8. The number of Topliss-reactive ketones (excluding diaryl/α,β-unsaturated/α-hetero) is 1. The largest absolute Gasteiger partial charge is 0.479 e. The van der Waals surface area contributed by atoms with Crippen LogP contribution in [0, 0.1) is 17.0 Å². The second-order valence-electron chi connectivity index (χ2n) is 3.81. The summed E-state index contributed by atoms with van der Waals surface area (Å²) >= 11 is 0. The van der Waals surface area contributed by atoms with Gasteiger partial charge in [0, 0.05) is 12.5 Å².